The second-order valence-corrected chi connectivity index (χ2v) is 7.52. The lowest BCUT2D eigenvalue weighted by Gasteiger charge is -2.31. The molecule has 0 fully saturated rings. The molecular weight excluding hydrogens is 418 g/mol. The van der Waals surface area contributed by atoms with E-state index in [1.54, 1.807) is 42.6 Å². The molecule has 1 aromatic heterocycles. The molecule has 0 bridgehead atoms. The highest BCUT2D eigenvalue weighted by Gasteiger charge is 2.29. The number of nitrogens with zero attached hydrogens (tertiary/aromatic N) is 2. The highest BCUT2D eigenvalue weighted by Crippen LogP contribution is 2.29. The van der Waals surface area contributed by atoms with Gasteiger partial charge in [0.1, 0.15) is 17.5 Å². The SMILES string of the molecule is CCC(C(=O)Nc1ccc(OC)cc1OC)N(Cc1cccnc1)C(=O)Cc1ccccc1. The standard InChI is InChI=1S/C26H29N3O4/c1-4-23(26(31)28-22-13-12-21(32-2)16-24(22)33-3)29(18-20-11-8-14-27-17-20)25(30)15-19-9-6-5-7-10-19/h5-14,16-17,23H,4,15,18H2,1-3H3,(H,28,31). The van der Waals surface area contributed by atoms with Gasteiger partial charge in [-0.1, -0.05) is 43.3 Å². The summed E-state index contributed by atoms with van der Waals surface area (Å²) in [5.41, 5.74) is 2.26. The second-order valence-electron chi connectivity index (χ2n) is 7.52. The average Bonchev–Trinajstić information content (AvgIpc) is 2.85. The molecule has 7 nitrogen and oxygen atoms in total. The Morgan fingerprint density at radius 2 is 1.76 bits per heavy atom. The number of carbonyl (C=O) groups excluding carboxylic acids is 2. The molecule has 0 saturated heterocycles. The summed E-state index contributed by atoms with van der Waals surface area (Å²) in [4.78, 5) is 32.5. The third-order valence-electron chi connectivity index (χ3n) is 5.33. The summed E-state index contributed by atoms with van der Waals surface area (Å²) in [7, 11) is 3.09. The summed E-state index contributed by atoms with van der Waals surface area (Å²) in [6.07, 6.45) is 4.04. The van der Waals surface area contributed by atoms with Gasteiger partial charge in [0.2, 0.25) is 11.8 Å². The number of anilines is 1. The van der Waals surface area contributed by atoms with Gasteiger partial charge in [-0.25, -0.2) is 0 Å². The number of pyridine rings is 1. The first kappa shape index (κ1) is 23.8. The molecule has 2 aromatic carbocycles. The average molecular weight is 448 g/mol. The summed E-state index contributed by atoms with van der Waals surface area (Å²) < 4.78 is 10.6. The summed E-state index contributed by atoms with van der Waals surface area (Å²) in [6.45, 7) is 2.17. The van der Waals surface area contributed by atoms with Crippen molar-refractivity contribution >= 4 is 17.5 Å². The van der Waals surface area contributed by atoms with Gasteiger partial charge < -0.3 is 19.7 Å². The van der Waals surface area contributed by atoms with Gasteiger partial charge in [0, 0.05) is 25.0 Å². The molecule has 1 unspecified atom stereocenters. The van der Waals surface area contributed by atoms with Gasteiger partial charge in [0.05, 0.1) is 26.3 Å². The number of aromatic nitrogens is 1. The molecule has 172 valence electrons. The van der Waals surface area contributed by atoms with E-state index in [9.17, 15) is 9.59 Å². The molecule has 0 saturated carbocycles. The van der Waals surface area contributed by atoms with Crippen LogP contribution in [-0.2, 0) is 22.6 Å². The Balaban J connectivity index is 1.86. The molecule has 0 aliphatic heterocycles. The van der Waals surface area contributed by atoms with E-state index in [2.05, 4.69) is 10.3 Å². The van der Waals surface area contributed by atoms with Crippen molar-refractivity contribution in [3.63, 3.8) is 0 Å². The molecule has 0 radical (unpaired) electrons. The lowest BCUT2D eigenvalue weighted by atomic mass is 10.1. The molecule has 2 amide bonds. The minimum atomic E-state index is -0.673. The van der Waals surface area contributed by atoms with Crippen LogP contribution in [0.4, 0.5) is 5.69 Å². The summed E-state index contributed by atoms with van der Waals surface area (Å²) in [5, 5.41) is 2.92. The van der Waals surface area contributed by atoms with Crippen LogP contribution in [0, 0.1) is 0 Å². The monoisotopic (exact) mass is 447 g/mol. The maximum absolute atomic E-state index is 13.4. The Morgan fingerprint density at radius 3 is 2.39 bits per heavy atom. The van der Waals surface area contributed by atoms with Crippen molar-refractivity contribution < 1.29 is 19.1 Å². The predicted octanol–water partition coefficient (Wildman–Crippen LogP) is 4.09. The predicted molar refractivity (Wildman–Crippen MR) is 127 cm³/mol. The number of rotatable bonds is 10. The molecule has 3 rings (SSSR count). The number of ether oxygens (including phenoxy) is 2. The smallest absolute Gasteiger partial charge is 0.247 e. The van der Waals surface area contributed by atoms with E-state index in [0.717, 1.165) is 11.1 Å². The molecule has 0 aliphatic carbocycles. The van der Waals surface area contributed by atoms with E-state index in [-0.39, 0.29) is 24.8 Å². The second kappa shape index (κ2) is 11.7. The van der Waals surface area contributed by atoms with Crippen molar-refractivity contribution in [3.05, 3.63) is 84.2 Å². The summed E-state index contributed by atoms with van der Waals surface area (Å²) in [5.74, 6) is 0.681. The van der Waals surface area contributed by atoms with Crippen LogP contribution < -0.4 is 14.8 Å². The van der Waals surface area contributed by atoms with Crippen molar-refractivity contribution in [1.29, 1.82) is 0 Å². The minimum absolute atomic E-state index is 0.131. The molecule has 1 N–H and O–H groups in total. The molecular formula is C26H29N3O4. The van der Waals surface area contributed by atoms with Crippen molar-refractivity contribution in [3.8, 4) is 11.5 Å². The van der Waals surface area contributed by atoms with Crippen molar-refractivity contribution in [2.75, 3.05) is 19.5 Å². The van der Waals surface area contributed by atoms with E-state index >= 15 is 0 Å². The van der Waals surface area contributed by atoms with Gasteiger partial charge in [0.15, 0.2) is 0 Å². The molecule has 0 spiro atoms. The lowest BCUT2D eigenvalue weighted by molar-refractivity contribution is -0.139. The maximum Gasteiger partial charge on any atom is 0.247 e. The number of hydrogen-bond donors (Lipinski definition) is 1. The van der Waals surface area contributed by atoms with Crippen LogP contribution in [0.2, 0.25) is 0 Å². The quantitative estimate of drug-likeness (QED) is 0.506. The first-order valence-electron chi connectivity index (χ1n) is 10.8. The van der Waals surface area contributed by atoms with Gasteiger partial charge in [-0.15, -0.1) is 0 Å². The number of hydrogen-bond acceptors (Lipinski definition) is 5. The van der Waals surface area contributed by atoms with Crippen LogP contribution >= 0.6 is 0 Å². The molecule has 33 heavy (non-hydrogen) atoms. The zero-order valence-electron chi connectivity index (χ0n) is 19.2. The first-order valence-corrected chi connectivity index (χ1v) is 10.8. The fraction of sp³-hybridized carbons (Fsp3) is 0.269. The van der Waals surface area contributed by atoms with Crippen molar-refractivity contribution in [2.24, 2.45) is 0 Å². The molecule has 7 heteroatoms. The fourth-order valence-corrected chi connectivity index (χ4v) is 3.60. The number of benzene rings is 2. The van der Waals surface area contributed by atoms with E-state index in [1.807, 2.05) is 49.4 Å². The number of amides is 2. The largest absolute Gasteiger partial charge is 0.497 e. The Bertz CT molecular complexity index is 1060. The minimum Gasteiger partial charge on any atom is -0.497 e. The van der Waals surface area contributed by atoms with Gasteiger partial charge in [-0.2, -0.15) is 0 Å². The fourth-order valence-electron chi connectivity index (χ4n) is 3.60. The topological polar surface area (TPSA) is 80.8 Å². The first-order chi connectivity index (χ1) is 16.0. The number of nitrogens with one attached hydrogen (secondary N) is 1. The zero-order valence-corrected chi connectivity index (χ0v) is 19.2. The summed E-state index contributed by atoms with van der Waals surface area (Å²) >= 11 is 0. The highest BCUT2D eigenvalue weighted by atomic mass is 16.5. The van der Waals surface area contributed by atoms with Crippen LogP contribution in [0.1, 0.15) is 24.5 Å². The Kier molecular flexibility index (Phi) is 8.41. The Labute approximate surface area is 194 Å². The van der Waals surface area contributed by atoms with Crippen LogP contribution in [0.5, 0.6) is 11.5 Å². The van der Waals surface area contributed by atoms with E-state index in [0.29, 0.717) is 23.6 Å². The molecule has 1 heterocycles. The van der Waals surface area contributed by atoms with Gasteiger partial charge in [0.25, 0.3) is 0 Å². The normalized spacial score (nSPS) is 11.4. The van der Waals surface area contributed by atoms with Crippen molar-refractivity contribution in [1.82, 2.24) is 9.88 Å². The van der Waals surface area contributed by atoms with Crippen LogP contribution in [0.15, 0.2) is 73.1 Å². The van der Waals surface area contributed by atoms with E-state index in [4.69, 9.17) is 9.47 Å². The Morgan fingerprint density at radius 1 is 1.00 bits per heavy atom. The maximum atomic E-state index is 13.4. The number of methoxy groups -OCH3 is 2. The highest BCUT2D eigenvalue weighted by molar-refractivity contribution is 5.98. The molecule has 0 aliphatic rings. The van der Waals surface area contributed by atoms with Gasteiger partial charge in [-0.05, 0) is 35.7 Å². The third-order valence-corrected chi connectivity index (χ3v) is 5.33. The molecule has 1 atom stereocenters. The van der Waals surface area contributed by atoms with Gasteiger partial charge >= 0.3 is 0 Å². The van der Waals surface area contributed by atoms with Gasteiger partial charge in [-0.3, -0.25) is 14.6 Å². The third kappa shape index (κ3) is 6.32. The van der Waals surface area contributed by atoms with Crippen LogP contribution in [0.25, 0.3) is 0 Å². The molecule has 3 aromatic rings. The van der Waals surface area contributed by atoms with E-state index in [1.165, 1.54) is 7.11 Å². The zero-order chi connectivity index (χ0) is 23.6. The van der Waals surface area contributed by atoms with Crippen LogP contribution in [-0.4, -0.2) is 42.0 Å². The van der Waals surface area contributed by atoms with Crippen LogP contribution in [0.3, 0.4) is 0 Å². The van der Waals surface area contributed by atoms with Crippen molar-refractivity contribution in [2.45, 2.75) is 32.4 Å². The van der Waals surface area contributed by atoms with E-state index < -0.39 is 6.04 Å². The lowest BCUT2D eigenvalue weighted by Crippen LogP contribution is -2.47. The number of carbonyl (C=O) groups is 2. The summed E-state index contributed by atoms with van der Waals surface area (Å²) in [6, 6.07) is 17.7. The Hall–Kier alpha value is -3.87.